The highest BCUT2D eigenvalue weighted by molar-refractivity contribution is 7.27. The minimum absolute atomic E-state index is 0.803. The predicted molar refractivity (Wildman–Crippen MR) is 227 cm³/mol. The van der Waals surface area contributed by atoms with E-state index < -0.39 is 0 Å². The summed E-state index contributed by atoms with van der Waals surface area (Å²) in [6.07, 6.45) is 0. The van der Waals surface area contributed by atoms with E-state index in [2.05, 4.69) is 180 Å². The Bertz CT molecular complexity index is 2880. The number of benzene rings is 8. The molecule has 0 saturated carbocycles. The zero-order chi connectivity index (χ0) is 35.8. The predicted octanol–water partition coefficient (Wildman–Crippen LogP) is 13.6. The lowest BCUT2D eigenvalue weighted by molar-refractivity contribution is 1.07. The molecule has 10 aromatic rings. The van der Waals surface area contributed by atoms with Gasteiger partial charge in [0.05, 0.1) is 0 Å². The van der Waals surface area contributed by atoms with E-state index in [9.17, 15) is 0 Å². The molecule has 3 nitrogen and oxygen atoms in total. The first-order valence-corrected chi connectivity index (χ1v) is 19.0. The average molecular weight is 708 g/mol. The fraction of sp³-hybridized carbons (Fsp3) is 0. The molecule has 0 atom stereocenters. The summed E-state index contributed by atoms with van der Waals surface area (Å²) in [4.78, 5) is 0. The molecule has 8 aromatic carbocycles. The number of hydrogen-bond donors (Lipinski definition) is 0. The van der Waals surface area contributed by atoms with Crippen LogP contribution in [0.5, 0.6) is 0 Å². The molecule has 0 aliphatic rings. The molecule has 0 bridgehead atoms. The summed E-state index contributed by atoms with van der Waals surface area (Å²) >= 11 is 1.89. The lowest BCUT2D eigenvalue weighted by Crippen LogP contribution is -2.00. The van der Waals surface area contributed by atoms with Crippen molar-refractivity contribution < 1.29 is 0 Å². The molecule has 0 unspecified atom stereocenters. The third-order valence-electron chi connectivity index (χ3n) is 10.1. The van der Waals surface area contributed by atoms with Crippen LogP contribution in [-0.2, 0) is 0 Å². The number of nitrogens with zero attached hydrogens (tertiary/aromatic N) is 3. The van der Waals surface area contributed by atoms with E-state index in [4.69, 9.17) is 10.2 Å². The topological polar surface area (TPSA) is 30.7 Å². The monoisotopic (exact) mass is 707 g/mol. The summed E-state index contributed by atoms with van der Waals surface area (Å²) in [6.45, 7) is 0. The summed E-state index contributed by atoms with van der Waals surface area (Å²) in [5, 5.41) is 12.0. The van der Waals surface area contributed by atoms with Crippen LogP contribution in [-0.4, -0.2) is 14.8 Å². The molecule has 0 aliphatic carbocycles. The number of fused-ring (bicyclic) bond motifs is 3. The van der Waals surface area contributed by atoms with Crippen molar-refractivity contribution in [2.24, 2.45) is 0 Å². The SMILES string of the molecule is c1ccc(-c2cc(-c3ccccc3)c3sc4c(-c5ccc(-c6nnc(-c7ccccc7)n6-c6ccccc6)cc5)cc(-c5ccccc5)cc4c3c2)cc1. The molecule has 0 fully saturated rings. The van der Waals surface area contributed by atoms with E-state index in [0.29, 0.717) is 0 Å². The first-order chi connectivity index (χ1) is 26.8. The molecule has 2 aromatic heterocycles. The van der Waals surface area contributed by atoms with Gasteiger partial charge in [-0.2, -0.15) is 0 Å². The Kier molecular flexibility index (Phi) is 8.01. The molecular formula is C50H33N3S. The second kappa shape index (κ2) is 13.6. The van der Waals surface area contributed by atoms with E-state index in [0.717, 1.165) is 34.0 Å². The molecule has 0 saturated heterocycles. The Morgan fingerprint density at radius 1 is 0.315 bits per heavy atom. The van der Waals surface area contributed by atoms with Gasteiger partial charge in [0.15, 0.2) is 11.6 Å². The van der Waals surface area contributed by atoms with E-state index in [1.807, 2.05) is 35.6 Å². The van der Waals surface area contributed by atoms with Crippen molar-refractivity contribution in [3.8, 4) is 73.0 Å². The number of aromatic nitrogens is 3. The molecule has 0 aliphatic heterocycles. The van der Waals surface area contributed by atoms with Crippen LogP contribution < -0.4 is 0 Å². The fourth-order valence-electron chi connectivity index (χ4n) is 7.49. The summed E-state index contributed by atoms with van der Waals surface area (Å²) in [5.74, 6) is 1.62. The standard InChI is InChI=1S/C50H33N3S/c1-6-16-34(17-7-1)40-30-43(36-20-10-3-11-21-36)47-45(32-40)46-33-41(35-18-8-2-9-19-35)31-44(48(46)54-47)37-26-28-39(29-27-37)50-52-51-49(38-22-12-4-13-23-38)53(50)42-24-14-5-15-25-42/h1-33H. The zero-order valence-corrected chi connectivity index (χ0v) is 30.1. The van der Waals surface area contributed by atoms with Crippen molar-refractivity contribution in [1.82, 2.24) is 14.8 Å². The molecule has 0 N–H and O–H groups in total. The van der Waals surface area contributed by atoms with Gasteiger partial charge in [-0.3, -0.25) is 4.57 Å². The van der Waals surface area contributed by atoms with E-state index in [1.54, 1.807) is 0 Å². The Balaban J connectivity index is 1.18. The molecule has 0 amide bonds. The van der Waals surface area contributed by atoms with E-state index >= 15 is 0 Å². The Labute approximate surface area is 318 Å². The maximum absolute atomic E-state index is 4.76. The van der Waals surface area contributed by atoms with Crippen LogP contribution >= 0.6 is 11.3 Å². The quantitative estimate of drug-likeness (QED) is 0.165. The van der Waals surface area contributed by atoms with Crippen molar-refractivity contribution in [3.05, 3.63) is 200 Å². The second-order valence-electron chi connectivity index (χ2n) is 13.5. The molecule has 54 heavy (non-hydrogen) atoms. The maximum Gasteiger partial charge on any atom is 0.168 e. The van der Waals surface area contributed by atoms with Gasteiger partial charge in [0.25, 0.3) is 0 Å². The molecule has 4 heteroatoms. The summed E-state index contributed by atoms with van der Waals surface area (Å²) in [5.41, 5.74) is 12.7. The zero-order valence-electron chi connectivity index (χ0n) is 29.3. The van der Waals surface area contributed by atoms with Gasteiger partial charge >= 0.3 is 0 Å². The highest BCUT2D eigenvalue weighted by Crippen LogP contribution is 2.47. The third-order valence-corrected chi connectivity index (χ3v) is 11.4. The second-order valence-corrected chi connectivity index (χ2v) is 14.5. The van der Waals surface area contributed by atoms with Gasteiger partial charge in [0.2, 0.25) is 0 Å². The minimum Gasteiger partial charge on any atom is -0.275 e. The summed E-state index contributed by atoms with van der Waals surface area (Å²) in [7, 11) is 0. The molecule has 2 heterocycles. The summed E-state index contributed by atoms with van der Waals surface area (Å²) < 4.78 is 4.72. The fourth-order valence-corrected chi connectivity index (χ4v) is 8.82. The first-order valence-electron chi connectivity index (χ1n) is 18.2. The smallest absolute Gasteiger partial charge is 0.168 e. The van der Waals surface area contributed by atoms with Gasteiger partial charge in [-0.05, 0) is 69.8 Å². The van der Waals surface area contributed by atoms with E-state index in [1.165, 1.54) is 59.1 Å². The van der Waals surface area contributed by atoms with E-state index in [-0.39, 0.29) is 0 Å². The molecule has 0 radical (unpaired) electrons. The van der Waals surface area contributed by atoms with Crippen molar-refractivity contribution >= 4 is 31.5 Å². The van der Waals surface area contributed by atoms with Gasteiger partial charge in [0.1, 0.15) is 0 Å². The molecule has 0 spiro atoms. The first kappa shape index (κ1) is 31.8. The van der Waals surface area contributed by atoms with Crippen LogP contribution in [0.25, 0.3) is 93.1 Å². The lowest BCUT2D eigenvalue weighted by atomic mass is 9.93. The van der Waals surface area contributed by atoms with Crippen molar-refractivity contribution in [1.29, 1.82) is 0 Å². The average Bonchev–Trinajstić information content (AvgIpc) is 3.87. The summed E-state index contributed by atoms with van der Waals surface area (Å²) in [6, 6.07) is 71.2. The highest BCUT2D eigenvalue weighted by Gasteiger charge is 2.20. The highest BCUT2D eigenvalue weighted by atomic mass is 32.1. The molecule has 10 rings (SSSR count). The van der Waals surface area contributed by atoms with Crippen LogP contribution in [0.15, 0.2) is 200 Å². The maximum atomic E-state index is 4.76. The molecule has 254 valence electrons. The van der Waals surface area contributed by atoms with Crippen LogP contribution in [0, 0.1) is 0 Å². The van der Waals surface area contributed by atoms with Crippen molar-refractivity contribution in [2.45, 2.75) is 0 Å². The van der Waals surface area contributed by atoms with Gasteiger partial charge in [-0.25, -0.2) is 0 Å². The Hall–Kier alpha value is -6.88. The van der Waals surface area contributed by atoms with Crippen LogP contribution in [0.2, 0.25) is 0 Å². The minimum atomic E-state index is 0.803. The van der Waals surface area contributed by atoms with Gasteiger partial charge in [-0.1, -0.05) is 164 Å². The van der Waals surface area contributed by atoms with Crippen molar-refractivity contribution in [3.63, 3.8) is 0 Å². The lowest BCUT2D eigenvalue weighted by Gasteiger charge is -2.12. The normalized spacial score (nSPS) is 11.3. The number of para-hydroxylation sites is 1. The van der Waals surface area contributed by atoms with Crippen LogP contribution in [0.4, 0.5) is 0 Å². The van der Waals surface area contributed by atoms with Gasteiger partial charge in [0, 0.05) is 48.1 Å². The Morgan fingerprint density at radius 2 is 0.667 bits per heavy atom. The van der Waals surface area contributed by atoms with Crippen LogP contribution in [0.3, 0.4) is 0 Å². The van der Waals surface area contributed by atoms with Crippen LogP contribution in [0.1, 0.15) is 0 Å². The largest absolute Gasteiger partial charge is 0.275 e. The number of thiophene rings is 1. The Morgan fingerprint density at radius 3 is 1.13 bits per heavy atom. The van der Waals surface area contributed by atoms with Crippen molar-refractivity contribution in [2.75, 3.05) is 0 Å². The number of hydrogen-bond acceptors (Lipinski definition) is 3. The van der Waals surface area contributed by atoms with Gasteiger partial charge < -0.3 is 0 Å². The molecular weight excluding hydrogens is 675 g/mol. The van der Waals surface area contributed by atoms with Gasteiger partial charge in [-0.15, -0.1) is 21.5 Å². The number of rotatable bonds is 7. The third kappa shape index (κ3) is 5.70.